The van der Waals surface area contributed by atoms with Crippen molar-refractivity contribution in [3.8, 4) is 5.75 Å². The van der Waals surface area contributed by atoms with Gasteiger partial charge in [0.15, 0.2) is 0 Å². The van der Waals surface area contributed by atoms with E-state index in [2.05, 4.69) is 15.6 Å². The molecule has 1 amide bonds. The average molecular weight is 351 g/mol. The molecule has 0 fully saturated rings. The van der Waals surface area contributed by atoms with Gasteiger partial charge in [-0.05, 0) is 36.4 Å². The van der Waals surface area contributed by atoms with Crippen molar-refractivity contribution in [2.75, 3.05) is 17.7 Å². The second-order valence-electron chi connectivity index (χ2n) is 5.53. The zero-order valence-corrected chi connectivity index (χ0v) is 14.2. The number of halogens is 1. The molecule has 0 aliphatic rings. The molecule has 0 unspecified atom stereocenters. The molecule has 2 aromatic carbocycles. The van der Waals surface area contributed by atoms with Crippen molar-refractivity contribution in [3.63, 3.8) is 0 Å². The van der Waals surface area contributed by atoms with Gasteiger partial charge in [0.2, 0.25) is 0 Å². The molecule has 132 valence electrons. The minimum absolute atomic E-state index is 0.367. The lowest BCUT2D eigenvalue weighted by Crippen LogP contribution is -2.16. The third-order valence-electron chi connectivity index (χ3n) is 3.77. The highest BCUT2D eigenvalue weighted by molar-refractivity contribution is 6.07. The van der Waals surface area contributed by atoms with E-state index < -0.39 is 5.82 Å². The standard InChI is InChI=1S/C20H18FN3O2/c1-26-18-10-3-2-6-14(18)13-23-19-17(9-5-11-22-19)20(25)24-16-8-4-7-15(21)12-16/h2-12H,13H2,1H3,(H,22,23)(H,24,25). The van der Waals surface area contributed by atoms with Gasteiger partial charge in [0.25, 0.3) is 5.91 Å². The lowest BCUT2D eigenvalue weighted by atomic mass is 10.2. The number of benzene rings is 2. The Morgan fingerprint density at radius 2 is 1.96 bits per heavy atom. The molecule has 0 saturated heterocycles. The van der Waals surface area contributed by atoms with Crippen LogP contribution in [-0.4, -0.2) is 18.0 Å². The Morgan fingerprint density at radius 3 is 2.77 bits per heavy atom. The van der Waals surface area contributed by atoms with Crippen molar-refractivity contribution in [1.82, 2.24) is 4.98 Å². The van der Waals surface area contributed by atoms with Crippen LogP contribution in [0, 0.1) is 5.82 Å². The van der Waals surface area contributed by atoms with E-state index in [9.17, 15) is 9.18 Å². The molecule has 0 atom stereocenters. The van der Waals surface area contributed by atoms with E-state index in [0.717, 1.165) is 11.3 Å². The maximum Gasteiger partial charge on any atom is 0.259 e. The van der Waals surface area contributed by atoms with Crippen LogP contribution < -0.4 is 15.4 Å². The molecule has 0 saturated carbocycles. The van der Waals surface area contributed by atoms with Crippen LogP contribution in [0.15, 0.2) is 66.9 Å². The van der Waals surface area contributed by atoms with E-state index in [0.29, 0.717) is 23.6 Å². The topological polar surface area (TPSA) is 63.2 Å². The first kappa shape index (κ1) is 17.4. The van der Waals surface area contributed by atoms with Gasteiger partial charge in [0.05, 0.1) is 12.7 Å². The average Bonchev–Trinajstić information content (AvgIpc) is 2.67. The van der Waals surface area contributed by atoms with Crippen LogP contribution in [-0.2, 0) is 6.54 Å². The number of nitrogens with one attached hydrogen (secondary N) is 2. The van der Waals surface area contributed by atoms with E-state index in [1.807, 2.05) is 24.3 Å². The zero-order chi connectivity index (χ0) is 18.4. The summed E-state index contributed by atoms with van der Waals surface area (Å²) in [5.74, 6) is 0.406. The Bertz CT molecular complexity index is 915. The number of ether oxygens (including phenoxy) is 1. The molecule has 0 aliphatic carbocycles. The van der Waals surface area contributed by atoms with Gasteiger partial charge in [-0.15, -0.1) is 0 Å². The van der Waals surface area contributed by atoms with Crippen molar-refractivity contribution < 1.29 is 13.9 Å². The van der Waals surface area contributed by atoms with Crippen molar-refractivity contribution >= 4 is 17.4 Å². The minimum Gasteiger partial charge on any atom is -0.496 e. The van der Waals surface area contributed by atoms with Gasteiger partial charge in [-0.1, -0.05) is 24.3 Å². The van der Waals surface area contributed by atoms with E-state index in [1.54, 1.807) is 31.5 Å². The zero-order valence-electron chi connectivity index (χ0n) is 14.2. The molecule has 6 heteroatoms. The van der Waals surface area contributed by atoms with Gasteiger partial charge in [-0.25, -0.2) is 9.37 Å². The summed E-state index contributed by atoms with van der Waals surface area (Å²) in [7, 11) is 1.61. The summed E-state index contributed by atoms with van der Waals surface area (Å²) >= 11 is 0. The van der Waals surface area contributed by atoms with Crippen LogP contribution >= 0.6 is 0 Å². The quantitative estimate of drug-likeness (QED) is 0.702. The van der Waals surface area contributed by atoms with Crippen molar-refractivity contribution in [2.24, 2.45) is 0 Å². The second kappa shape index (κ2) is 8.11. The maximum atomic E-state index is 13.3. The summed E-state index contributed by atoms with van der Waals surface area (Å²) in [6.07, 6.45) is 1.60. The summed E-state index contributed by atoms with van der Waals surface area (Å²) in [5.41, 5.74) is 1.69. The normalized spacial score (nSPS) is 10.2. The largest absolute Gasteiger partial charge is 0.496 e. The Kier molecular flexibility index (Phi) is 5.43. The van der Waals surface area contributed by atoms with Crippen LogP contribution in [0.1, 0.15) is 15.9 Å². The smallest absolute Gasteiger partial charge is 0.259 e. The van der Waals surface area contributed by atoms with Crippen molar-refractivity contribution in [1.29, 1.82) is 0 Å². The summed E-state index contributed by atoms with van der Waals surface area (Å²) in [6, 6.07) is 16.7. The predicted octanol–water partition coefficient (Wildman–Crippen LogP) is 4.09. The Balaban J connectivity index is 1.76. The molecule has 26 heavy (non-hydrogen) atoms. The summed E-state index contributed by atoms with van der Waals surface area (Å²) in [5, 5.41) is 5.83. The summed E-state index contributed by atoms with van der Waals surface area (Å²) in [6.45, 7) is 0.446. The molecule has 1 aromatic heterocycles. The molecule has 0 spiro atoms. The highest BCUT2D eigenvalue weighted by Crippen LogP contribution is 2.20. The fourth-order valence-electron chi connectivity index (χ4n) is 2.52. The first-order valence-electron chi connectivity index (χ1n) is 8.05. The van der Waals surface area contributed by atoms with Crippen LogP contribution in [0.25, 0.3) is 0 Å². The van der Waals surface area contributed by atoms with E-state index in [1.165, 1.54) is 18.2 Å². The number of pyridine rings is 1. The Hall–Kier alpha value is -3.41. The van der Waals surface area contributed by atoms with Gasteiger partial charge in [-0.2, -0.15) is 0 Å². The minimum atomic E-state index is -0.413. The molecule has 1 heterocycles. The fourth-order valence-corrected chi connectivity index (χ4v) is 2.52. The van der Waals surface area contributed by atoms with Crippen molar-refractivity contribution in [3.05, 3.63) is 83.8 Å². The van der Waals surface area contributed by atoms with Gasteiger partial charge >= 0.3 is 0 Å². The number of hydrogen-bond acceptors (Lipinski definition) is 4. The van der Waals surface area contributed by atoms with Gasteiger partial charge in [0.1, 0.15) is 17.4 Å². The molecule has 2 N–H and O–H groups in total. The molecule has 3 rings (SSSR count). The molecule has 0 bridgehead atoms. The van der Waals surface area contributed by atoms with Crippen LogP contribution in [0.2, 0.25) is 0 Å². The number of para-hydroxylation sites is 1. The van der Waals surface area contributed by atoms with E-state index >= 15 is 0 Å². The molecule has 0 radical (unpaired) electrons. The number of amides is 1. The first-order chi connectivity index (χ1) is 12.7. The third kappa shape index (κ3) is 4.16. The van der Waals surface area contributed by atoms with Gasteiger partial charge < -0.3 is 15.4 Å². The van der Waals surface area contributed by atoms with Crippen LogP contribution in [0.5, 0.6) is 5.75 Å². The Morgan fingerprint density at radius 1 is 1.12 bits per heavy atom. The number of methoxy groups -OCH3 is 1. The van der Waals surface area contributed by atoms with Crippen molar-refractivity contribution in [2.45, 2.75) is 6.54 Å². The van der Waals surface area contributed by atoms with Crippen LogP contribution in [0.3, 0.4) is 0 Å². The highest BCUT2D eigenvalue weighted by Gasteiger charge is 2.13. The van der Waals surface area contributed by atoms with Gasteiger partial charge in [0, 0.05) is 24.0 Å². The number of carbonyl (C=O) groups is 1. The lowest BCUT2D eigenvalue weighted by Gasteiger charge is -2.13. The highest BCUT2D eigenvalue weighted by atomic mass is 19.1. The molecule has 3 aromatic rings. The number of anilines is 2. The number of carbonyl (C=O) groups excluding carboxylic acids is 1. The van der Waals surface area contributed by atoms with Gasteiger partial charge in [-0.3, -0.25) is 4.79 Å². The molecular weight excluding hydrogens is 333 g/mol. The lowest BCUT2D eigenvalue weighted by molar-refractivity contribution is 0.102. The first-order valence-corrected chi connectivity index (χ1v) is 8.05. The molecular formula is C20H18FN3O2. The fraction of sp³-hybridized carbons (Fsp3) is 0.100. The van der Waals surface area contributed by atoms with Crippen LogP contribution in [0.4, 0.5) is 15.9 Å². The van der Waals surface area contributed by atoms with E-state index in [4.69, 9.17) is 4.74 Å². The monoisotopic (exact) mass is 351 g/mol. The molecule has 5 nitrogen and oxygen atoms in total. The molecule has 0 aliphatic heterocycles. The van der Waals surface area contributed by atoms with E-state index in [-0.39, 0.29) is 5.91 Å². The number of nitrogens with zero attached hydrogens (tertiary/aromatic N) is 1. The summed E-state index contributed by atoms with van der Waals surface area (Å²) < 4.78 is 18.6. The number of aromatic nitrogens is 1. The number of hydrogen-bond donors (Lipinski definition) is 2. The Labute approximate surface area is 150 Å². The third-order valence-corrected chi connectivity index (χ3v) is 3.77. The SMILES string of the molecule is COc1ccccc1CNc1ncccc1C(=O)Nc1cccc(F)c1. The maximum absolute atomic E-state index is 13.3. The summed E-state index contributed by atoms with van der Waals surface area (Å²) in [4.78, 5) is 16.8. The predicted molar refractivity (Wildman–Crippen MR) is 98.9 cm³/mol. The number of rotatable bonds is 6. The second-order valence-corrected chi connectivity index (χ2v) is 5.53.